The maximum absolute atomic E-state index is 6.20. The lowest BCUT2D eigenvalue weighted by atomic mass is 10.1. The molecule has 2 aromatic rings. The SMILES string of the molecule is CN=C(NCCc1ccc(OC)c(OC)c1)NC1CCN(c2cc(Cl)ccc2OC)C1.I. The Hall–Kier alpha value is -2.07. The van der Waals surface area contributed by atoms with Crippen LogP contribution in [0, 0.1) is 0 Å². The van der Waals surface area contributed by atoms with E-state index >= 15 is 0 Å². The number of benzene rings is 2. The van der Waals surface area contributed by atoms with Gasteiger partial charge in [-0.25, -0.2) is 0 Å². The molecule has 1 unspecified atom stereocenters. The Morgan fingerprint density at radius 1 is 1.06 bits per heavy atom. The van der Waals surface area contributed by atoms with Crippen LogP contribution in [0.3, 0.4) is 0 Å². The number of ether oxygens (including phenoxy) is 3. The molecule has 9 heteroatoms. The largest absolute Gasteiger partial charge is 0.495 e. The van der Waals surface area contributed by atoms with Crippen LogP contribution in [0.5, 0.6) is 17.2 Å². The Kier molecular flexibility index (Phi) is 10.5. The van der Waals surface area contributed by atoms with Crippen molar-refractivity contribution in [1.82, 2.24) is 10.6 Å². The predicted octanol–water partition coefficient (Wildman–Crippen LogP) is 3.97. The quantitative estimate of drug-likeness (QED) is 0.283. The van der Waals surface area contributed by atoms with Gasteiger partial charge in [0.05, 0.1) is 27.0 Å². The molecule has 32 heavy (non-hydrogen) atoms. The predicted molar refractivity (Wildman–Crippen MR) is 142 cm³/mol. The van der Waals surface area contributed by atoms with E-state index in [2.05, 4.69) is 20.5 Å². The number of nitrogens with zero attached hydrogens (tertiary/aromatic N) is 2. The summed E-state index contributed by atoms with van der Waals surface area (Å²) >= 11 is 6.20. The average molecular weight is 575 g/mol. The fourth-order valence-electron chi connectivity index (χ4n) is 3.76. The van der Waals surface area contributed by atoms with Gasteiger partial charge in [-0.3, -0.25) is 4.99 Å². The molecular weight excluding hydrogens is 543 g/mol. The van der Waals surface area contributed by atoms with Gasteiger partial charge in [-0.05, 0) is 48.7 Å². The van der Waals surface area contributed by atoms with E-state index in [-0.39, 0.29) is 30.0 Å². The third kappa shape index (κ3) is 6.71. The lowest BCUT2D eigenvalue weighted by Gasteiger charge is -2.22. The van der Waals surface area contributed by atoms with Crippen molar-refractivity contribution in [3.8, 4) is 17.2 Å². The number of aliphatic imine (C=N–C) groups is 1. The first-order valence-electron chi connectivity index (χ1n) is 10.3. The van der Waals surface area contributed by atoms with Crippen molar-refractivity contribution in [1.29, 1.82) is 0 Å². The van der Waals surface area contributed by atoms with Gasteiger partial charge in [0.2, 0.25) is 0 Å². The molecule has 7 nitrogen and oxygen atoms in total. The lowest BCUT2D eigenvalue weighted by Crippen LogP contribution is -2.45. The van der Waals surface area contributed by atoms with Gasteiger partial charge in [0.25, 0.3) is 0 Å². The fourth-order valence-corrected chi connectivity index (χ4v) is 3.92. The zero-order chi connectivity index (χ0) is 22.2. The first-order chi connectivity index (χ1) is 15.1. The van der Waals surface area contributed by atoms with Crippen molar-refractivity contribution in [2.45, 2.75) is 18.9 Å². The first-order valence-corrected chi connectivity index (χ1v) is 10.7. The Balaban J connectivity index is 0.00000363. The lowest BCUT2D eigenvalue weighted by molar-refractivity contribution is 0.354. The molecule has 0 amide bonds. The van der Waals surface area contributed by atoms with Crippen molar-refractivity contribution in [3.05, 3.63) is 47.0 Å². The molecule has 1 saturated heterocycles. The minimum atomic E-state index is 0. The van der Waals surface area contributed by atoms with Crippen LogP contribution in [0.1, 0.15) is 12.0 Å². The molecule has 0 aromatic heterocycles. The number of methoxy groups -OCH3 is 3. The second-order valence-electron chi connectivity index (χ2n) is 7.33. The summed E-state index contributed by atoms with van der Waals surface area (Å²) in [5.41, 5.74) is 2.19. The van der Waals surface area contributed by atoms with Gasteiger partial charge in [-0.1, -0.05) is 17.7 Å². The molecule has 0 bridgehead atoms. The van der Waals surface area contributed by atoms with Crippen LogP contribution in [-0.2, 0) is 6.42 Å². The van der Waals surface area contributed by atoms with Gasteiger partial charge in [0.15, 0.2) is 17.5 Å². The van der Waals surface area contributed by atoms with Crippen LogP contribution in [-0.4, -0.2) is 60.0 Å². The number of anilines is 1. The summed E-state index contributed by atoms with van der Waals surface area (Å²) < 4.78 is 16.2. The molecule has 0 radical (unpaired) electrons. The monoisotopic (exact) mass is 574 g/mol. The highest BCUT2D eigenvalue weighted by molar-refractivity contribution is 14.0. The zero-order valence-corrected chi connectivity index (χ0v) is 22.1. The number of nitrogens with one attached hydrogen (secondary N) is 2. The van der Waals surface area contributed by atoms with Crippen LogP contribution in [0.15, 0.2) is 41.4 Å². The van der Waals surface area contributed by atoms with Gasteiger partial charge < -0.3 is 29.7 Å². The average Bonchev–Trinajstić information content (AvgIpc) is 3.26. The van der Waals surface area contributed by atoms with E-state index in [0.717, 1.165) is 61.4 Å². The van der Waals surface area contributed by atoms with Gasteiger partial charge in [-0.2, -0.15) is 0 Å². The van der Waals surface area contributed by atoms with Crippen LogP contribution in [0.25, 0.3) is 0 Å². The minimum Gasteiger partial charge on any atom is -0.495 e. The summed E-state index contributed by atoms with van der Waals surface area (Å²) in [6.45, 7) is 2.54. The Labute approximate surface area is 212 Å². The number of hydrogen-bond donors (Lipinski definition) is 2. The molecule has 0 aliphatic carbocycles. The van der Waals surface area contributed by atoms with E-state index in [9.17, 15) is 0 Å². The fraction of sp³-hybridized carbons (Fsp3) is 0.435. The van der Waals surface area contributed by atoms with Crippen molar-refractivity contribution < 1.29 is 14.2 Å². The molecule has 1 heterocycles. The molecular formula is C23H32ClIN4O3. The van der Waals surface area contributed by atoms with E-state index in [1.54, 1.807) is 28.4 Å². The Morgan fingerprint density at radius 3 is 2.47 bits per heavy atom. The molecule has 1 aliphatic heterocycles. The van der Waals surface area contributed by atoms with Gasteiger partial charge in [-0.15, -0.1) is 24.0 Å². The Bertz CT molecular complexity index is 913. The van der Waals surface area contributed by atoms with Crippen LogP contribution >= 0.6 is 35.6 Å². The highest BCUT2D eigenvalue weighted by Gasteiger charge is 2.25. The van der Waals surface area contributed by atoms with Crippen LogP contribution in [0.4, 0.5) is 5.69 Å². The molecule has 0 saturated carbocycles. The second-order valence-corrected chi connectivity index (χ2v) is 7.77. The van der Waals surface area contributed by atoms with E-state index in [4.69, 9.17) is 25.8 Å². The maximum Gasteiger partial charge on any atom is 0.191 e. The molecule has 1 atom stereocenters. The number of guanidine groups is 1. The molecule has 2 aromatic carbocycles. The third-order valence-electron chi connectivity index (χ3n) is 5.39. The molecule has 1 fully saturated rings. The molecule has 2 N–H and O–H groups in total. The Morgan fingerprint density at radius 2 is 1.78 bits per heavy atom. The summed E-state index contributed by atoms with van der Waals surface area (Å²) in [5, 5.41) is 7.63. The normalized spacial score (nSPS) is 15.7. The van der Waals surface area contributed by atoms with Crippen molar-refractivity contribution >= 4 is 47.2 Å². The highest BCUT2D eigenvalue weighted by atomic mass is 127. The highest BCUT2D eigenvalue weighted by Crippen LogP contribution is 2.33. The van der Waals surface area contributed by atoms with Gasteiger partial charge in [0, 0.05) is 37.7 Å². The third-order valence-corrected chi connectivity index (χ3v) is 5.62. The van der Waals surface area contributed by atoms with Gasteiger partial charge >= 0.3 is 0 Å². The number of rotatable bonds is 8. The molecule has 1 aliphatic rings. The van der Waals surface area contributed by atoms with Gasteiger partial charge in [0.1, 0.15) is 5.75 Å². The molecule has 3 rings (SSSR count). The summed E-state index contributed by atoms with van der Waals surface area (Å²) in [6.07, 6.45) is 1.85. The first kappa shape index (κ1) is 26.2. The second kappa shape index (κ2) is 12.8. The maximum atomic E-state index is 6.20. The summed E-state index contributed by atoms with van der Waals surface area (Å²) in [6, 6.07) is 12.0. The van der Waals surface area contributed by atoms with Crippen LogP contribution in [0.2, 0.25) is 5.02 Å². The molecule has 176 valence electrons. The number of hydrogen-bond acceptors (Lipinski definition) is 5. The zero-order valence-electron chi connectivity index (χ0n) is 19.0. The van der Waals surface area contributed by atoms with Crippen molar-refractivity contribution in [3.63, 3.8) is 0 Å². The van der Waals surface area contributed by atoms with E-state index in [1.165, 1.54) is 5.56 Å². The summed E-state index contributed by atoms with van der Waals surface area (Å²) in [4.78, 5) is 6.67. The minimum absolute atomic E-state index is 0. The molecule has 0 spiro atoms. The number of halogens is 2. The van der Waals surface area contributed by atoms with Crippen molar-refractivity contribution in [2.75, 3.05) is 52.9 Å². The van der Waals surface area contributed by atoms with E-state index < -0.39 is 0 Å². The summed E-state index contributed by atoms with van der Waals surface area (Å²) in [7, 11) is 6.76. The van der Waals surface area contributed by atoms with Crippen LogP contribution < -0.4 is 29.7 Å². The smallest absolute Gasteiger partial charge is 0.191 e. The standard InChI is InChI=1S/C23H31ClN4O3.HI/c1-25-23(26-11-9-16-5-7-21(30-3)22(13-16)31-4)27-18-10-12-28(15-18)19-14-17(24)6-8-20(19)29-2;/h5-8,13-14,18H,9-12,15H2,1-4H3,(H2,25,26,27);1H. The van der Waals surface area contributed by atoms with E-state index in [0.29, 0.717) is 5.02 Å². The summed E-state index contributed by atoms with van der Waals surface area (Å²) in [5.74, 6) is 3.11. The van der Waals surface area contributed by atoms with Crippen molar-refractivity contribution in [2.24, 2.45) is 4.99 Å². The van der Waals surface area contributed by atoms with E-state index in [1.807, 2.05) is 36.4 Å². The topological polar surface area (TPSA) is 67.4 Å².